The Labute approximate surface area is 295 Å². The molecular weight excluding hydrogens is 621 g/mol. The second-order valence-electron chi connectivity index (χ2n) is 13.2. The number of nitrogens with one attached hydrogen (secondary N) is 1. The molecule has 240 valence electrons. The molecule has 10 rings (SSSR count). The number of hydrogen-bond acceptors (Lipinski definition) is 3. The van der Waals surface area contributed by atoms with E-state index in [0.29, 0.717) is 0 Å². The van der Waals surface area contributed by atoms with Gasteiger partial charge >= 0.3 is 0 Å². The van der Waals surface area contributed by atoms with Crippen LogP contribution in [0.1, 0.15) is 22.9 Å². The van der Waals surface area contributed by atoms with Crippen LogP contribution in [0.5, 0.6) is 0 Å². The van der Waals surface area contributed by atoms with Crippen LogP contribution in [-0.4, -0.2) is 5.71 Å². The maximum Gasteiger partial charge on any atom is 0.146 e. The summed E-state index contributed by atoms with van der Waals surface area (Å²) < 4.78 is 6.56. The summed E-state index contributed by atoms with van der Waals surface area (Å²) in [7, 11) is 0. The molecule has 0 aliphatic carbocycles. The molecule has 1 N–H and O–H groups in total. The van der Waals surface area contributed by atoms with Crippen molar-refractivity contribution in [3.8, 4) is 22.3 Å². The highest BCUT2D eigenvalue weighted by Gasteiger charge is 2.22. The van der Waals surface area contributed by atoms with Gasteiger partial charge in [-0.15, -0.1) is 0 Å². The molecule has 1 unspecified atom stereocenters. The fourth-order valence-electron chi connectivity index (χ4n) is 7.57. The van der Waals surface area contributed by atoms with Crippen molar-refractivity contribution in [2.24, 2.45) is 4.99 Å². The van der Waals surface area contributed by atoms with Gasteiger partial charge in [0.25, 0.3) is 0 Å². The molecule has 1 atom stereocenters. The molecule has 51 heavy (non-hydrogen) atoms. The molecule has 0 spiro atoms. The summed E-state index contributed by atoms with van der Waals surface area (Å²) in [6.07, 6.45) is 1.89. The van der Waals surface area contributed by atoms with Crippen molar-refractivity contribution < 1.29 is 4.42 Å². The van der Waals surface area contributed by atoms with E-state index in [-0.39, 0.29) is 6.17 Å². The van der Waals surface area contributed by atoms with Crippen molar-refractivity contribution in [1.29, 1.82) is 0 Å². The molecule has 1 aromatic heterocycles. The highest BCUT2D eigenvalue weighted by atomic mass is 16.3. The van der Waals surface area contributed by atoms with E-state index >= 15 is 0 Å². The quantitative estimate of drug-likeness (QED) is 0.201. The SMILES string of the molecule is C1=C(c2ccc(-c3ccccc3)cc2)NC(c2ccc(-c3ccc4c(c3)oc3c5ccccc5ccc43)c3ccccc23)N=C1c1ccccc1. The van der Waals surface area contributed by atoms with Crippen LogP contribution in [0.3, 0.4) is 0 Å². The van der Waals surface area contributed by atoms with Gasteiger partial charge < -0.3 is 9.73 Å². The third-order valence-electron chi connectivity index (χ3n) is 10.1. The lowest BCUT2D eigenvalue weighted by atomic mass is 9.92. The number of hydrogen-bond donors (Lipinski definition) is 1. The minimum absolute atomic E-state index is 0.279. The fourth-order valence-corrected chi connectivity index (χ4v) is 7.57. The second kappa shape index (κ2) is 12.0. The minimum Gasteiger partial charge on any atom is -0.455 e. The zero-order chi connectivity index (χ0) is 33.7. The van der Waals surface area contributed by atoms with Crippen LogP contribution >= 0.6 is 0 Å². The summed E-state index contributed by atoms with van der Waals surface area (Å²) in [5.41, 5.74) is 11.9. The van der Waals surface area contributed by atoms with Crippen molar-refractivity contribution in [2.75, 3.05) is 0 Å². The zero-order valence-corrected chi connectivity index (χ0v) is 27.8. The Hall–Kier alpha value is -6.71. The molecule has 3 heteroatoms. The highest BCUT2D eigenvalue weighted by Crippen LogP contribution is 2.40. The van der Waals surface area contributed by atoms with Gasteiger partial charge in [0.1, 0.15) is 17.3 Å². The Morgan fingerprint density at radius 2 is 1.08 bits per heavy atom. The van der Waals surface area contributed by atoms with Gasteiger partial charge in [-0.05, 0) is 73.8 Å². The average molecular weight is 653 g/mol. The van der Waals surface area contributed by atoms with Crippen LogP contribution in [0.15, 0.2) is 191 Å². The number of aliphatic imine (C=N–C) groups is 1. The highest BCUT2D eigenvalue weighted by molar-refractivity contribution is 6.16. The van der Waals surface area contributed by atoms with Gasteiger partial charge in [0.05, 0.1) is 5.71 Å². The lowest BCUT2D eigenvalue weighted by Crippen LogP contribution is -2.25. The first-order chi connectivity index (χ1) is 25.3. The third kappa shape index (κ3) is 5.10. The number of rotatable bonds is 5. The summed E-state index contributed by atoms with van der Waals surface area (Å²) in [6, 6.07) is 62.3. The Morgan fingerprint density at radius 1 is 0.451 bits per heavy atom. The van der Waals surface area contributed by atoms with Crippen LogP contribution in [0.25, 0.3) is 71.4 Å². The lowest BCUT2D eigenvalue weighted by molar-refractivity contribution is 0.669. The summed E-state index contributed by atoms with van der Waals surface area (Å²) in [5.74, 6) is 0. The van der Waals surface area contributed by atoms with E-state index in [1.54, 1.807) is 0 Å². The first kappa shape index (κ1) is 29.2. The Balaban J connectivity index is 1.06. The molecule has 9 aromatic rings. The number of furan rings is 1. The molecule has 0 radical (unpaired) electrons. The molecule has 2 heterocycles. The summed E-state index contributed by atoms with van der Waals surface area (Å²) in [5, 5.41) is 10.7. The van der Waals surface area contributed by atoms with Gasteiger partial charge in [0, 0.05) is 27.4 Å². The van der Waals surface area contributed by atoms with E-state index < -0.39 is 0 Å². The molecule has 3 nitrogen and oxygen atoms in total. The van der Waals surface area contributed by atoms with E-state index in [1.807, 2.05) is 6.07 Å². The van der Waals surface area contributed by atoms with Crippen LogP contribution in [-0.2, 0) is 0 Å². The van der Waals surface area contributed by atoms with Crippen molar-refractivity contribution in [1.82, 2.24) is 5.32 Å². The van der Waals surface area contributed by atoms with Crippen LogP contribution in [0, 0.1) is 0 Å². The predicted octanol–water partition coefficient (Wildman–Crippen LogP) is 12.4. The summed E-state index contributed by atoms with van der Waals surface area (Å²) in [4.78, 5) is 5.32. The maximum atomic E-state index is 6.56. The molecule has 0 amide bonds. The Morgan fingerprint density at radius 3 is 1.88 bits per heavy atom. The fraction of sp³-hybridized carbons (Fsp3) is 0.0208. The van der Waals surface area contributed by atoms with Crippen molar-refractivity contribution in [2.45, 2.75) is 6.17 Å². The average Bonchev–Trinajstić information content (AvgIpc) is 3.59. The van der Waals surface area contributed by atoms with Crippen LogP contribution in [0.4, 0.5) is 0 Å². The van der Waals surface area contributed by atoms with E-state index in [4.69, 9.17) is 9.41 Å². The van der Waals surface area contributed by atoms with Gasteiger partial charge in [-0.25, -0.2) is 0 Å². The molecule has 1 aliphatic rings. The van der Waals surface area contributed by atoms with Crippen LogP contribution in [0.2, 0.25) is 0 Å². The van der Waals surface area contributed by atoms with E-state index in [2.05, 4.69) is 181 Å². The molecule has 0 fully saturated rings. The third-order valence-corrected chi connectivity index (χ3v) is 10.1. The van der Waals surface area contributed by atoms with E-state index in [9.17, 15) is 0 Å². The predicted molar refractivity (Wildman–Crippen MR) is 213 cm³/mol. The van der Waals surface area contributed by atoms with Crippen molar-refractivity contribution in [3.63, 3.8) is 0 Å². The van der Waals surface area contributed by atoms with Crippen molar-refractivity contribution >= 4 is 54.9 Å². The lowest BCUT2D eigenvalue weighted by Gasteiger charge is -2.26. The maximum absolute atomic E-state index is 6.56. The smallest absolute Gasteiger partial charge is 0.146 e. The standard InChI is InChI=1S/C48H32N2O/c1-3-11-31(12-4-1)32-19-21-35(22-20-32)45-30-44(34-14-5-2-6-15-34)49-48(50-45)43-28-27-37(39-17-9-10-18-40(39)43)36-24-25-41-42-26-23-33-13-7-8-16-38(33)47(42)51-46(41)29-36/h1-30,48,50H. The Bertz CT molecular complexity index is 2810. The van der Waals surface area contributed by atoms with Gasteiger partial charge in [-0.2, -0.15) is 0 Å². The number of nitrogens with zero attached hydrogens (tertiary/aromatic N) is 1. The molecule has 0 bridgehead atoms. The van der Waals surface area contributed by atoms with Gasteiger partial charge in [-0.1, -0.05) is 158 Å². The molecule has 0 saturated heterocycles. The van der Waals surface area contributed by atoms with Gasteiger partial charge in [-0.3, -0.25) is 4.99 Å². The monoisotopic (exact) mass is 652 g/mol. The largest absolute Gasteiger partial charge is 0.455 e. The number of benzene rings is 8. The van der Waals surface area contributed by atoms with E-state index in [0.717, 1.165) is 66.6 Å². The van der Waals surface area contributed by atoms with Crippen LogP contribution < -0.4 is 5.32 Å². The number of fused-ring (bicyclic) bond motifs is 6. The molecule has 1 aliphatic heterocycles. The van der Waals surface area contributed by atoms with E-state index in [1.165, 1.54) is 27.3 Å². The minimum atomic E-state index is -0.279. The van der Waals surface area contributed by atoms with Gasteiger partial charge in [0.2, 0.25) is 0 Å². The zero-order valence-electron chi connectivity index (χ0n) is 27.8. The summed E-state index contributed by atoms with van der Waals surface area (Å²) in [6.45, 7) is 0. The summed E-state index contributed by atoms with van der Waals surface area (Å²) >= 11 is 0. The normalized spacial score (nSPS) is 14.5. The first-order valence-corrected chi connectivity index (χ1v) is 17.4. The second-order valence-corrected chi connectivity index (χ2v) is 13.2. The topological polar surface area (TPSA) is 37.5 Å². The number of allylic oxidation sites excluding steroid dienone is 1. The molecule has 0 saturated carbocycles. The molecule has 8 aromatic carbocycles. The molecular formula is C48H32N2O. The van der Waals surface area contributed by atoms with Crippen molar-refractivity contribution in [3.05, 3.63) is 199 Å². The Kier molecular flexibility index (Phi) is 6.88. The van der Waals surface area contributed by atoms with Gasteiger partial charge in [0.15, 0.2) is 0 Å². The first-order valence-electron chi connectivity index (χ1n) is 17.4.